The first-order valence-corrected chi connectivity index (χ1v) is 5.25. The molecule has 0 aliphatic heterocycles. The summed E-state index contributed by atoms with van der Waals surface area (Å²) in [5, 5.41) is 13.5. The molecule has 0 aromatic carbocycles. The van der Waals surface area contributed by atoms with Gasteiger partial charge in [0.15, 0.2) is 0 Å². The third kappa shape index (κ3) is 9.16. The average molecular weight is 245 g/mol. The number of aliphatic carboxylic acids is 1. The van der Waals surface area contributed by atoms with E-state index in [0.717, 1.165) is 0 Å². The van der Waals surface area contributed by atoms with Gasteiger partial charge < -0.3 is 21.5 Å². The van der Waals surface area contributed by atoms with Crippen molar-refractivity contribution < 1.29 is 19.5 Å². The molecule has 0 fully saturated rings. The van der Waals surface area contributed by atoms with E-state index in [2.05, 4.69) is 10.6 Å². The predicted octanol–water partition coefficient (Wildman–Crippen LogP) is -0.338. The number of amides is 3. The van der Waals surface area contributed by atoms with Crippen molar-refractivity contribution in [2.45, 2.75) is 26.7 Å². The molecule has 0 spiro atoms. The van der Waals surface area contributed by atoms with Gasteiger partial charge in [-0.1, -0.05) is 13.8 Å². The highest BCUT2D eigenvalue weighted by Gasteiger charge is 2.24. The number of primary amides is 1. The third-order valence-electron chi connectivity index (χ3n) is 2.02. The zero-order chi connectivity index (χ0) is 13.5. The molecule has 0 atom stereocenters. The van der Waals surface area contributed by atoms with Gasteiger partial charge in [-0.3, -0.25) is 9.59 Å². The summed E-state index contributed by atoms with van der Waals surface area (Å²) < 4.78 is 0. The minimum Gasteiger partial charge on any atom is -0.481 e. The Morgan fingerprint density at radius 1 is 1.12 bits per heavy atom. The number of hydrogen-bond donors (Lipinski definition) is 4. The van der Waals surface area contributed by atoms with E-state index >= 15 is 0 Å². The number of carbonyl (C=O) groups excluding carboxylic acids is 2. The van der Waals surface area contributed by atoms with E-state index in [-0.39, 0.29) is 31.8 Å². The Morgan fingerprint density at radius 3 is 2.12 bits per heavy atom. The summed E-state index contributed by atoms with van der Waals surface area (Å²) in [6, 6.07) is -0.648. The van der Waals surface area contributed by atoms with Crippen LogP contribution in [0.2, 0.25) is 0 Å². The minimum atomic E-state index is -0.932. The highest BCUT2D eigenvalue weighted by molar-refractivity contribution is 5.78. The molecule has 0 unspecified atom stereocenters. The van der Waals surface area contributed by atoms with E-state index < -0.39 is 17.4 Å². The lowest BCUT2D eigenvalue weighted by atomic mass is 9.85. The highest BCUT2D eigenvalue weighted by Crippen LogP contribution is 2.24. The minimum absolute atomic E-state index is 0.0695. The Hall–Kier alpha value is -1.79. The summed E-state index contributed by atoms with van der Waals surface area (Å²) in [7, 11) is 0. The second kappa shape index (κ2) is 6.72. The number of hydrogen-bond acceptors (Lipinski definition) is 3. The van der Waals surface area contributed by atoms with Crippen molar-refractivity contribution in [3.63, 3.8) is 0 Å². The van der Waals surface area contributed by atoms with Gasteiger partial charge in [0, 0.05) is 19.5 Å². The lowest BCUT2D eigenvalue weighted by molar-refractivity contribution is -0.139. The van der Waals surface area contributed by atoms with Crippen LogP contribution in [0.5, 0.6) is 0 Å². The fraction of sp³-hybridized carbons (Fsp3) is 0.700. The Balaban J connectivity index is 3.85. The van der Waals surface area contributed by atoms with Gasteiger partial charge in [0.25, 0.3) is 0 Å². The Kier molecular flexibility index (Phi) is 6.01. The Bertz CT molecular complexity index is 302. The first kappa shape index (κ1) is 15.2. The van der Waals surface area contributed by atoms with E-state index in [1.807, 2.05) is 0 Å². The maximum Gasteiger partial charge on any atom is 0.312 e. The van der Waals surface area contributed by atoms with Crippen molar-refractivity contribution in [1.29, 1.82) is 0 Å². The summed E-state index contributed by atoms with van der Waals surface area (Å²) in [6.07, 6.45) is 0.0514. The molecule has 7 heteroatoms. The molecular weight excluding hydrogens is 226 g/mol. The van der Waals surface area contributed by atoms with Crippen LogP contribution in [-0.4, -0.2) is 36.1 Å². The second-order valence-electron chi connectivity index (χ2n) is 4.55. The first-order valence-electron chi connectivity index (χ1n) is 5.25. The largest absolute Gasteiger partial charge is 0.481 e. The van der Waals surface area contributed by atoms with Gasteiger partial charge in [-0.15, -0.1) is 0 Å². The van der Waals surface area contributed by atoms with Crippen LogP contribution in [0.3, 0.4) is 0 Å². The highest BCUT2D eigenvalue weighted by atomic mass is 16.4. The number of nitrogens with two attached hydrogens (primary N) is 1. The van der Waals surface area contributed by atoms with Crippen LogP contribution in [0.25, 0.3) is 0 Å². The molecule has 0 rings (SSSR count). The molecule has 0 bridgehead atoms. The van der Waals surface area contributed by atoms with Gasteiger partial charge in [0.1, 0.15) is 0 Å². The summed E-state index contributed by atoms with van der Waals surface area (Å²) in [5.74, 6) is -1.18. The third-order valence-corrected chi connectivity index (χ3v) is 2.02. The van der Waals surface area contributed by atoms with Gasteiger partial charge >= 0.3 is 12.0 Å². The van der Waals surface area contributed by atoms with Crippen LogP contribution in [0, 0.1) is 5.41 Å². The first-order chi connectivity index (χ1) is 7.73. The number of rotatable bonds is 7. The van der Waals surface area contributed by atoms with Crippen molar-refractivity contribution in [3.05, 3.63) is 0 Å². The summed E-state index contributed by atoms with van der Waals surface area (Å²) in [4.78, 5) is 32.3. The van der Waals surface area contributed by atoms with E-state index in [1.165, 1.54) is 0 Å². The molecule has 98 valence electrons. The molecule has 0 saturated carbocycles. The number of urea groups is 1. The number of carboxylic acids is 1. The summed E-state index contributed by atoms with van der Waals surface area (Å²) in [6.45, 7) is 3.94. The van der Waals surface area contributed by atoms with E-state index in [4.69, 9.17) is 10.8 Å². The topological polar surface area (TPSA) is 122 Å². The lowest BCUT2D eigenvalue weighted by Crippen LogP contribution is -2.38. The molecular formula is C10H19N3O4. The molecule has 0 heterocycles. The molecule has 0 saturated heterocycles. The average Bonchev–Trinajstić information content (AvgIpc) is 2.08. The SMILES string of the molecule is CC(C)(CC(=O)O)CC(=O)NCCNC(N)=O. The van der Waals surface area contributed by atoms with E-state index in [0.29, 0.717) is 0 Å². The molecule has 5 N–H and O–H groups in total. The summed E-state index contributed by atoms with van der Waals surface area (Å²) in [5.41, 5.74) is 4.25. The van der Waals surface area contributed by atoms with Gasteiger partial charge in [-0.05, 0) is 5.41 Å². The fourth-order valence-electron chi connectivity index (χ4n) is 1.36. The van der Waals surface area contributed by atoms with Crippen molar-refractivity contribution in [2.75, 3.05) is 13.1 Å². The summed E-state index contributed by atoms with van der Waals surface area (Å²) >= 11 is 0. The van der Waals surface area contributed by atoms with E-state index in [9.17, 15) is 14.4 Å². The van der Waals surface area contributed by atoms with Crippen molar-refractivity contribution >= 4 is 17.9 Å². The zero-order valence-electron chi connectivity index (χ0n) is 10.1. The molecule has 0 aromatic rings. The maximum atomic E-state index is 11.4. The number of nitrogens with one attached hydrogen (secondary N) is 2. The van der Waals surface area contributed by atoms with Gasteiger partial charge in [-0.25, -0.2) is 4.79 Å². The predicted molar refractivity (Wildman–Crippen MR) is 61.2 cm³/mol. The van der Waals surface area contributed by atoms with Crippen LogP contribution in [0.15, 0.2) is 0 Å². The van der Waals surface area contributed by atoms with Crippen molar-refractivity contribution in [2.24, 2.45) is 11.1 Å². The van der Waals surface area contributed by atoms with Crippen LogP contribution >= 0.6 is 0 Å². The molecule has 0 aromatic heterocycles. The lowest BCUT2D eigenvalue weighted by Gasteiger charge is -2.21. The molecule has 0 aliphatic carbocycles. The standard InChI is InChI=1S/C10H19N3O4/c1-10(2,6-8(15)16)5-7(14)12-3-4-13-9(11)17/h3-6H2,1-2H3,(H,12,14)(H,15,16)(H3,11,13,17). The fourth-order valence-corrected chi connectivity index (χ4v) is 1.36. The maximum absolute atomic E-state index is 11.4. The van der Waals surface area contributed by atoms with Crippen LogP contribution in [0.1, 0.15) is 26.7 Å². The number of carboxylic acid groups (broad SMARTS) is 1. The smallest absolute Gasteiger partial charge is 0.312 e. The molecule has 0 aliphatic rings. The Morgan fingerprint density at radius 2 is 1.65 bits per heavy atom. The molecule has 3 amide bonds. The second-order valence-corrected chi connectivity index (χ2v) is 4.55. The van der Waals surface area contributed by atoms with Gasteiger partial charge in [0.05, 0.1) is 6.42 Å². The van der Waals surface area contributed by atoms with Crippen molar-refractivity contribution in [1.82, 2.24) is 10.6 Å². The quantitative estimate of drug-likeness (QED) is 0.458. The number of carbonyl (C=O) groups is 3. The molecule has 17 heavy (non-hydrogen) atoms. The van der Waals surface area contributed by atoms with Crippen LogP contribution in [-0.2, 0) is 9.59 Å². The van der Waals surface area contributed by atoms with Gasteiger partial charge in [-0.2, -0.15) is 0 Å². The van der Waals surface area contributed by atoms with Crippen molar-refractivity contribution in [3.8, 4) is 0 Å². The van der Waals surface area contributed by atoms with Crippen LogP contribution in [0.4, 0.5) is 4.79 Å². The van der Waals surface area contributed by atoms with Crippen LogP contribution < -0.4 is 16.4 Å². The van der Waals surface area contributed by atoms with Gasteiger partial charge in [0.2, 0.25) is 5.91 Å². The van der Waals surface area contributed by atoms with E-state index in [1.54, 1.807) is 13.8 Å². The monoisotopic (exact) mass is 245 g/mol. The zero-order valence-corrected chi connectivity index (χ0v) is 10.1. The molecule has 7 nitrogen and oxygen atoms in total. The Labute approximate surface area is 99.7 Å². The molecule has 0 radical (unpaired) electrons. The normalized spacial score (nSPS) is 10.7.